The van der Waals surface area contributed by atoms with Gasteiger partial charge in [0.15, 0.2) is 0 Å². The van der Waals surface area contributed by atoms with Crippen molar-refractivity contribution in [3.05, 3.63) is 52.5 Å². The number of pyridine rings is 1. The first-order valence-corrected chi connectivity index (χ1v) is 8.71. The summed E-state index contributed by atoms with van der Waals surface area (Å²) in [6.45, 7) is 8.81. The topological polar surface area (TPSA) is 69.0 Å². The lowest BCUT2D eigenvalue weighted by Gasteiger charge is -2.15. The first-order valence-electron chi connectivity index (χ1n) is 8.71. The van der Waals surface area contributed by atoms with Crippen LogP contribution in [0.3, 0.4) is 0 Å². The van der Waals surface area contributed by atoms with Crippen LogP contribution in [0.15, 0.2) is 24.5 Å². The van der Waals surface area contributed by atoms with E-state index in [1.54, 1.807) is 13.1 Å². The zero-order chi connectivity index (χ0) is 18.8. The summed E-state index contributed by atoms with van der Waals surface area (Å²) in [6.07, 6.45) is 3.44. The van der Waals surface area contributed by atoms with Gasteiger partial charge in [0.2, 0.25) is 0 Å². The summed E-state index contributed by atoms with van der Waals surface area (Å²) < 4.78 is 7.05. The van der Waals surface area contributed by atoms with E-state index in [9.17, 15) is 4.79 Å². The van der Waals surface area contributed by atoms with Gasteiger partial charge in [0.05, 0.1) is 24.0 Å². The average molecular weight is 352 g/mol. The van der Waals surface area contributed by atoms with Crippen LogP contribution in [0, 0.1) is 20.8 Å². The number of ether oxygens (including phenoxy) is 1. The summed E-state index contributed by atoms with van der Waals surface area (Å²) >= 11 is 0. The third-order valence-corrected chi connectivity index (χ3v) is 4.85. The number of nitrogens with zero attached hydrogens (tertiary/aromatic N) is 3. The predicted octanol–water partition coefficient (Wildman–Crippen LogP) is 3.68. The lowest BCUT2D eigenvalue weighted by atomic mass is 10.0. The van der Waals surface area contributed by atoms with Crippen LogP contribution >= 0.6 is 0 Å². The van der Waals surface area contributed by atoms with Crippen LogP contribution in [0.25, 0.3) is 10.9 Å². The van der Waals surface area contributed by atoms with E-state index in [-0.39, 0.29) is 5.97 Å². The molecule has 2 aromatic heterocycles. The van der Waals surface area contributed by atoms with Gasteiger partial charge in [0.1, 0.15) is 5.56 Å². The van der Waals surface area contributed by atoms with E-state index in [1.165, 1.54) is 5.56 Å². The first kappa shape index (κ1) is 17.9. The van der Waals surface area contributed by atoms with Gasteiger partial charge < -0.3 is 10.1 Å². The zero-order valence-corrected chi connectivity index (χ0v) is 15.9. The molecule has 0 bridgehead atoms. The highest BCUT2D eigenvalue weighted by Gasteiger charge is 2.18. The summed E-state index contributed by atoms with van der Waals surface area (Å²) in [5, 5.41) is 8.61. The fourth-order valence-corrected chi connectivity index (χ4v) is 2.96. The summed E-state index contributed by atoms with van der Waals surface area (Å²) in [5.41, 5.74) is 6.53. The van der Waals surface area contributed by atoms with Crippen molar-refractivity contribution in [3.63, 3.8) is 0 Å². The molecular weight excluding hydrogens is 328 g/mol. The Hall–Kier alpha value is -2.89. The van der Waals surface area contributed by atoms with E-state index in [4.69, 9.17) is 4.74 Å². The smallest absolute Gasteiger partial charge is 0.341 e. The number of anilines is 1. The molecule has 136 valence electrons. The van der Waals surface area contributed by atoms with E-state index < -0.39 is 0 Å². The largest absolute Gasteiger partial charge is 0.462 e. The summed E-state index contributed by atoms with van der Waals surface area (Å²) in [6, 6.07) is 4.06. The third kappa shape index (κ3) is 3.14. The van der Waals surface area contributed by atoms with Crippen molar-refractivity contribution in [2.24, 2.45) is 7.05 Å². The van der Waals surface area contributed by atoms with E-state index >= 15 is 0 Å². The Morgan fingerprint density at radius 3 is 2.65 bits per heavy atom. The highest BCUT2D eigenvalue weighted by Crippen LogP contribution is 2.30. The van der Waals surface area contributed by atoms with Crippen molar-refractivity contribution >= 4 is 22.6 Å². The SMILES string of the molecule is CCOC(=O)c1cnc2c(C)c(C)ccc2c1NCc1cnn(C)c1C. The van der Waals surface area contributed by atoms with Gasteiger partial charge in [-0.25, -0.2) is 4.79 Å². The van der Waals surface area contributed by atoms with Crippen LogP contribution < -0.4 is 5.32 Å². The van der Waals surface area contributed by atoms with Crippen LogP contribution in [0.5, 0.6) is 0 Å². The average Bonchev–Trinajstić information content (AvgIpc) is 2.94. The summed E-state index contributed by atoms with van der Waals surface area (Å²) in [7, 11) is 1.91. The molecule has 1 aromatic carbocycles. The normalized spacial score (nSPS) is 11.0. The maximum Gasteiger partial charge on any atom is 0.341 e. The van der Waals surface area contributed by atoms with Gasteiger partial charge in [-0.1, -0.05) is 12.1 Å². The Morgan fingerprint density at radius 2 is 2.00 bits per heavy atom. The molecule has 0 amide bonds. The fraction of sp³-hybridized carbons (Fsp3) is 0.350. The molecule has 0 aliphatic rings. The van der Waals surface area contributed by atoms with Crippen LogP contribution in [0.4, 0.5) is 5.69 Å². The number of hydrogen-bond acceptors (Lipinski definition) is 5. The third-order valence-electron chi connectivity index (χ3n) is 4.85. The highest BCUT2D eigenvalue weighted by atomic mass is 16.5. The number of benzene rings is 1. The van der Waals surface area contributed by atoms with E-state index in [1.807, 2.05) is 37.8 Å². The molecule has 1 N–H and O–H groups in total. The molecule has 3 aromatic rings. The van der Waals surface area contributed by atoms with Crippen LogP contribution in [-0.4, -0.2) is 27.3 Å². The van der Waals surface area contributed by atoms with Crippen molar-refractivity contribution < 1.29 is 9.53 Å². The molecule has 0 saturated carbocycles. The van der Waals surface area contributed by atoms with E-state index in [2.05, 4.69) is 28.4 Å². The first-order chi connectivity index (χ1) is 12.4. The van der Waals surface area contributed by atoms with E-state index in [0.29, 0.717) is 18.7 Å². The summed E-state index contributed by atoms with van der Waals surface area (Å²) in [5.74, 6) is -0.370. The van der Waals surface area contributed by atoms with Crippen LogP contribution in [-0.2, 0) is 18.3 Å². The van der Waals surface area contributed by atoms with Gasteiger partial charge in [0.25, 0.3) is 0 Å². The molecule has 0 unspecified atom stereocenters. The molecular formula is C20H24N4O2. The lowest BCUT2D eigenvalue weighted by Crippen LogP contribution is -2.12. The maximum absolute atomic E-state index is 12.4. The Labute approximate surface area is 153 Å². The summed E-state index contributed by atoms with van der Waals surface area (Å²) in [4.78, 5) is 16.9. The Balaban J connectivity index is 2.09. The van der Waals surface area contributed by atoms with Gasteiger partial charge in [0, 0.05) is 36.4 Å². The standard InChI is InChI=1S/C20H24N4O2/c1-6-26-20(25)17-11-22-18-13(3)12(2)7-8-16(18)19(17)21-9-15-10-23-24(5)14(15)4/h7-8,10-11H,6,9H2,1-5H3,(H,21,22). The van der Waals surface area contributed by atoms with Crippen molar-refractivity contribution in [1.29, 1.82) is 0 Å². The Bertz CT molecular complexity index is 976. The molecule has 0 fully saturated rings. The monoisotopic (exact) mass is 352 g/mol. The zero-order valence-electron chi connectivity index (χ0n) is 15.9. The molecule has 6 nitrogen and oxygen atoms in total. The Morgan fingerprint density at radius 1 is 1.23 bits per heavy atom. The number of aromatic nitrogens is 3. The van der Waals surface area contributed by atoms with Crippen LogP contribution in [0.1, 0.15) is 39.7 Å². The second kappa shape index (κ2) is 7.15. The lowest BCUT2D eigenvalue weighted by molar-refractivity contribution is 0.0527. The van der Waals surface area contributed by atoms with Crippen molar-refractivity contribution in [2.75, 3.05) is 11.9 Å². The minimum absolute atomic E-state index is 0.324. The van der Waals surface area contributed by atoms with Gasteiger partial charge in [-0.15, -0.1) is 0 Å². The molecule has 3 rings (SSSR count). The molecule has 0 spiro atoms. The second-order valence-corrected chi connectivity index (χ2v) is 6.40. The van der Waals surface area contributed by atoms with E-state index in [0.717, 1.165) is 33.4 Å². The number of esters is 1. The number of fused-ring (bicyclic) bond motifs is 1. The number of carbonyl (C=O) groups is 1. The number of nitrogens with one attached hydrogen (secondary N) is 1. The quantitative estimate of drug-likeness (QED) is 0.709. The number of hydrogen-bond donors (Lipinski definition) is 1. The molecule has 26 heavy (non-hydrogen) atoms. The molecule has 0 aliphatic heterocycles. The molecule has 0 saturated heterocycles. The second-order valence-electron chi connectivity index (χ2n) is 6.40. The van der Waals surface area contributed by atoms with Crippen molar-refractivity contribution in [3.8, 4) is 0 Å². The minimum Gasteiger partial charge on any atom is -0.462 e. The molecule has 2 heterocycles. The predicted molar refractivity (Wildman–Crippen MR) is 102 cm³/mol. The minimum atomic E-state index is -0.370. The molecule has 6 heteroatoms. The molecule has 0 atom stereocenters. The number of aryl methyl sites for hydroxylation is 3. The van der Waals surface area contributed by atoms with Gasteiger partial charge in [-0.3, -0.25) is 9.67 Å². The molecule has 0 radical (unpaired) electrons. The Kier molecular flexibility index (Phi) is 4.93. The highest BCUT2D eigenvalue weighted by molar-refractivity contribution is 6.05. The number of rotatable bonds is 5. The fourth-order valence-electron chi connectivity index (χ4n) is 2.96. The van der Waals surface area contributed by atoms with Crippen molar-refractivity contribution in [2.45, 2.75) is 34.2 Å². The van der Waals surface area contributed by atoms with Crippen molar-refractivity contribution in [1.82, 2.24) is 14.8 Å². The number of carbonyl (C=O) groups excluding carboxylic acids is 1. The maximum atomic E-state index is 12.4. The van der Waals surface area contributed by atoms with Gasteiger partial charge in [-0.05, 0) is 38.8 Å². The molecule has 0 aliphatic carbocycles. The van der Waals surface area contributed by atoms with Gasteiger partial charge in [-0.2, -0.15) is 5.10 Å². The van der Waals surface area contributed by atoms with Gasteiger partial charge >= 0.3 is 5.97 Å². The van der Waals surface area contributed by atoms with Crippen LogP contribution in [0.2, 0.25) is 0 Å².